The fourth-order valence-corrected chi connectivity index (χ4v) is 3.60. The highest BCUT2D eigenvalue weighted by molar-refractivity contribution is 7.99. The largest absolute Gasteiger partial charge is 0.313 e. The number of hydrogen-bond donors (Lipinski definition) is 1. The molecule has 100 valence electrons. The maximum absolute atomic E-state index is 3.65. The fourth-order valence-electron chi connectivity index (χ4n) is 2.72. The Morgan fingerprint density at radius 1 is 1.33 bits per heavy atom. The molecule has 0 heterocycles. The van der Waals surface area contributed by atoms with Crippen molar-refractivity contribution < 1.29 is 0 Å². The summed E-state index contributed by atoms with van der Waals surface area (Å²) in [5, 5.41) is 4.38. The molecule has 0 fully saturated rings. The molecule has 0 aliphatic heterocycles. The lowest BCUT2D eigenvalue weighted by Gasteiger charge is -2.33. The lowest BCUT2D eigenvalue weighted by molar-refractivity contribution is 0.452. The van der Waals surface area contributed by atoms with E-state index in [1.165, 1.54) is 18.6 Å². The van der Waals surface area contributed by atoms with Gasteiger partial charge in [-0.25, -0.2) is 0 Å². The molecule has 0 spiro atoms. The minimum absolute atomic E-state index is 0.667. The summed E-state index contributed by atoms with van der Waals surface area (Å²) in [6, 6.07) is 9.58. The van der Waals surface area contributed by atoms with Crippen LogP contribution in [0.2, 0.25) is 0 Å². The molecule has 1 aliphatic rings. The summed E-state index contributed by atoms with van der Waals surface area (Å²) in [5.74, 6) is 2.03. The van der Waals surface area contributed by atoms with E-state index < -0.39 is 0 Å². The SMILES string of the molecule is CCNC(CSC(C)C)CC1Cc2ccccc21. The van der Waals surface area contributed by atoms with Gasteiger partial charge in [-0.15, -0.1) is 0 Å². The number of thioether (sulfide) groups is 1. The Balaban J connectivity index is 1.87. The molecule has 0 saturated heterocycles. The second-order valence-electron chi connectivity index (χ2n) is 5.47. The summed E-state index contributed by atoms with van der Waals surface area (Å²) in [6.45, 7) is 7.86. The smallest absolute Gasteiger partial charge is 0.0164 e. The summed E-state index contributed by atoms with van der Waals surface area (Å²) in [5.41, 5.74) is 3.16. The van der Waals surface area contributed by atoms with Crippen LogP contribution in [0.3, 0.4) is 0 Å². The van der Waals surface area contributed by atoms with Crippen molar-refractivity contribution in [3.8, 4) is 0 Å². The quantitative estimate of drug-likeness (QED) is 0.802. The first kappa shape index (κ1) is 14.0. The molecule has 2 unspecified atom stereocenters. The van der Waals surface area contributed by atoms with Gasteiger partial charge >= 0.3 is 0 Å². The summed E-state index contributed by atoms with van der Waals surface area (Å²) < 4.78 is 0. The molecule has 0 bridgehead atoms. The minimum Gasteiger partial charge on any atom is -0.313 e. The highest BCUT2D eigenvalue weighted by Crippen LogP contribution is 2.38. The van der Waals surface area contributed by atoms with Gasteiger partial charge in [0, 0.05) is 11.8 Å². The predicted molar refractivity (Wildman–Crippen MR) is 82.6 cm³/mol. The third kappa shape index (κ3) is 3.52. The van der Waals surface area contributed by atoms with Gasteiger partial charge in [0.15, 0.2) is 0 Å². The number of benzene rings is 1. The average Bonchev–Trinajstić information content (AvgIpc) is 2.32. The lowest BCUT2D eigenvalue weighted by atomic mass is 9.74. The molecular formula is C16H25NS. The highest BCUT2D eigenvalue weighted by atomic mass is 32.2. The van der Waals surface area contributed by atoms with Crippen LogP contribution in [0.4, 0.5) is 0 Å². The van der Waals surface area contributed by atoms with Gasteiger partial charge in [-0.05, 0) is 41.7 Å². The molecule has 1 N–H and O–H groups in total. The maximum atomic E-state index is 3.65. The van der Waals surface area contributed by atoms with Crippen molar-refractivity contribution in [2.75, 3.05) is 12.3 Å². The van der Waals surface area contributed by atoms with Gasteiger partial charge in [-0.2, -0.15) is 11.8 Å². The van der Waals surface area contributed by atoms with Gasteiger partial charge in [-0.1, -0.05) is 45.0 Å². The second kappa shape index (κ2) is 6.63. The van der Waals surface area contributed by atoms with Gasteiger partial charge in [0.05, 0.1) is 0 Å². The summed E-state index contributed by atoms with van der Waals surface area (Å²) in [4.78, 5) is 0. The van der Waals surface area contributed by atoms with Gasteiger partial charge < -0.3 is 5.32 Å². The molecule has 1 aromatic carbocycles. The van der Waals surface area contributed by atoms with Crippen molar-refractivity contribution >= 4 is 11.8 Å². The number of rotatable bonds is 7. The molecule has 0 aromatic heterocycles. The zero-order valence-electron chi connectivity index (χ0n) is 11.8. The van der Waals surface area contributed by atoms with E-state index in [0.717, 1.165) is 17.7 Å². The van der Waals surface area contributed by atoms with Crippen LogP contribution in [0.25, 0.3) is 0 Å². The molecule has 0 saturated carbocycles. The van der Waals surface area contributed by atoms with Crippen LogP contribution in [-0.4, -0.2) is 23.6 Å². The third-order valence-corrected chi connectivity index (χ3v) is 4.92. The number of fused-ring (bicyclic) bond motifs is 1. The molecule has 1 aromatic rings. The topological polar surface area (TPSA) is 12.0 Å². The molecule has 18 heavy (non-hydrogen) atoms. The highest BCUT2D eigenvalue weighted by Gasteiger charge is 2.27. The van der Waals surface area contributed by atoms with Crippen molar-refractivity contribution in [2.24, 2.45) is 0 Å². The van der Waals surface area contributed by atoms with Crippen molar-refractivity contribution in [1.82, 2.24) is 5.32 Å². The van der Waals surface area contributed by atoms with E-state index >= 15 is 0 Å². The Hall–Kier alpha value is -0.470. The fraction of sp³-hybridized carbons (Fsp3) is 0.625. The van der Waals surface area contributed by atoms with E-state index in [1.807, 2.05) is 0 Å². The Bertz CT molecular complexity index is 375. The molecule has 0 radical (unpaired) electrons. The van der Waals surface area contributed by atoms with Crippen LogP contribution in [0.1, 0.15) is 44.2 Å². The normalized spacial score (nSPS) is 19.4. The zero-order chi connectivity index (χ0) is 13.0. The number of nitrogens with one attached hydrogen (secondary N) is 1. The molecule has 0 amide bonds. The van der Waals surface area contributed by atoms with Crippen LogP contribution in [0.15, 0.2) is 24.3 Å². The maximum Gasteiger partial charge on any atom is 0.0164 e. The van der Waals surface area contributed by atoms with Gasteiger partial charge in [-0.3, -0.25) is 0 Å². The Labute approximate surface area is 116 Å². The zero-order valence-corrected chi connectivity index (χ0v) is 12.6. The minimum atomic E-state index is 0.667. The van der Waals surface area contributed by atoms with Crippen LogP contribution >= 0.6 is 11.8 Å². The molecule has 1 nitrogen and oxygen atoms in total. The van der Waals surface area contributed by atoms with Gasteiger partial charge in [0.2, 0.25) is 0 Å². The van der Waals surface area contributed by atoms with E-state index in [2.05, 4.69) is 62.1 Å². The third-order valence-electron chi connectivity index (χ3n) is 3.65. The van der Waals surface area contributed by atoms with Crippen LogP contribution < -0.4 is 5.32 Å². The van der Waals surface area contributed by atoms with E-state index in [0.29, 0.717) is 6.04 Å². The Morgan fingerprint density at radius 3 is 2.78 bits per heavy atom. The second-order valence-corrected chi connectivity index (χ2v) is 7.08. The summed E-state index contributed by atoms with van der Waals surface area (Å²) >= 11 is 2.07. The van der Waals surface area contributed by atoms with Crippen LogP contribution in [0.5, 0.6) is 0 Å². The number of hydrogen-bond acceptors (Lipinski definition) is 2. The van der Waals surface area contributed by atoms with Crippen LogP contribution in [0, 0.1) is 0 Å². The lowest BCUT2D eigenvalue weighted by Crippen LogP contribution is -2.35. The summed E-state index contributed by atoms with van der Waals surface area (Å²) in [6.07, 6.45) is 2.58. The first-order valence-electron chi connectivity index (χ1n) is 7.13. The Morgan fingerprint density at radius 2 is 2.11 bits per heavy atom. The van der Waals surface area contributed by atoms with Crippen molar-refractivity contribution in [1.29, 1.82) is 0 Å². The van der Waals surface area contributed by atoms with Gasteiger partial charge in [0.25, 0.3) is 0 Å². The first-order chi connectivity index (χ1) is 8.70. The van der Waals surface area contributed by atoms with Crippen molar-refractivity contribution in [2.45, 2.75) is 50.8 Å². The van der Waals surface area contributed by atoms with Crippen LogP contribution in [-0.2, 0) is 6.42 Å². The van der Waals surface area contributed by atoms with Crippen molar-refractivity contribution in [3.63, 3.8) is 0 Å². The van der Waals surface area contributed by atoms with Crippen molar-refractivity contribution in [3.05, 3.63) is 35.4 Å². The van der Waals surface area contributed by atoms with Gasteiger partial charge in [0.1, 0.15) is 0 Å². The monoisotopic (exact) mass is 263 g/mol. The molecular weight excluding hydrogens is 238 g/mol. The molecule has 2 rings (SSSR count). The van der Waals surface area contributed by atoms with E-state index in [-0.39, 0.29) is 0 Å². The molecule has 2 atom stereocenters. The standard InChI is InChI=1S/C16H25NS/c1-4-17-15(11-18-12(2)3)10-14-9-13-7-5-6-8-16(13)14/h5-8,12,14-15,17H,4,9-11H2,1-3H3. The average molecular weight is 263 g/mol. The summed E-state index contributed by atoms with van der Waals surface area (Å²) in [7, 11) is 0. The Kier molecular flexibility index (Phi) is 5.13. The van der Waals surface area contributed by atoms with E-state index in [9.17, 15) is 0 Å². The molecule has 2 heteroatoms. The van der Waals surface area contributed by atoms with E-state index in [1.54, 1.807) is 11.1 Å². The predicted octanol–water partition coefficient (Wildman–Crippen LogP) is 3.84. The van der Waals surface area contributed by atoms with E-state index in [4.69, 9.17) is 0 Å². The molecule has 1 aliphatic carbocycles. The first-order valence-corrected chi connectivity index (χ1v) is 8.18.